The first kappa shape index (κ1) is 17.5. The summed E-state index contributed by atoms with van der Waals surface area (Å²) in [7, 11) is 0. The molecule has 0 bridgehead atoms. The highest BCUT2D eigenvalue weighted by Crippen LogP contribution is 2.36. The number of nitrogens with zero attached hydrogens (tertiary/aromatic N) is 1. The lowest BCUT2D eigenvalue weighted by atomic mass is 9.82. The van der Waals surface area contributed by atoms with Gasteiger partial charge in [-0.25, -0.2) is 0 Å². The highest BCUT2D eigenvalue weighted by Gasteiger charge is 2.33. The van der Waals surface area contributed by atoms with Crippen LogP contribution in [-0.4, -0.2) is 17.5 Å². The maximum Gasteiger partial charge on any atom is 0.416 e. The number of nitro benzene ring substituents is 1. The standard InChI is InChI=1S/C16H19F3N2O2/c1-15(2,3)14-8-10(4-5-20-14)11-6-12(16(17,18)19)9-13(7-11)21(22)23/h6-9,14,20H,4-5H2,1-3H3. The molecule has 0 fully saturated rings. The number of nitrogens with one attached hydrogen (secondary N) is 1. The zero-order chi connectivity index (χ0) is 17.4. The van der Waals surface area contributed by atoms with Gasteiger partial charge in [0, 0.05) is 18.2 Å². The summed E-state index contributed by atoms with van der Waals surface area (Å²) in [6.07, 6.45) is -2.20. The maximum atomic E-state index is 13.0. The summed E-state index contributed by atoms with van der Waals surface area (Å²) in [4.78, 5) is 10.2. The van der Waals surface area contributed by atoms with Gasteiger partial charge >= 0.3 is 6.18 Å². The van der Waals surface area contributed by atoms with Crippen LogP contribution in [0.25, 0.3) is 5.57 Å². The average Bonchev–Trinajstić information content (AvgIpc) is 2.45. The molecule has 23 heavy (non-hydrogen) atoms. The molecule has 1 aliphatic rings. The minimum absolute atomic E-state index is 0.000140. The summed E-state index contributed by atoms with van der Waals surface area (Å²) in [6.45, 7) is 6.70. The molecule has 1 atom stereocenters. The summed E-state index contributed by atoms with van der Waals surface area (Å²) >= 11 is 0. The first-order valence-electron chi connectivity index (χ1n) is 7.29. The van der Waals surface area contributed by atoms with E-state index in [2.05, 4.69) is 5.32 Å². The predicted octanol–water partition coefficient (Wildman–Crippen LogP) is 4.41. The van der Waals surface area contributed by atoms with Crippen molar-refractivity contribution in [2.75, 3.05) is 6.54 Å². The number of alkyl halides is 3. The number of non-ortho nitro benzene ring substituents is 1. The Kier molecular flexibility index (Phi) is 4.52. The van der Waals surface area contributed by atoms with E-state index in [1.165, 1.54) is 6.07 Å². The van der Waals surface area contributed by atoms with E-state index in [1.807, 2.05) is 26.8 Å². The number of hydrogen-bond acceptors (Lipinski definition) is 3. The van der Waals surface area contributed by atoms with E-state index in [4.69, 9.17) is 0 Å². The normalized spacial score (nSPS) is 19.4. The van der Waals surface area contributed by atoms with Gasteiger partial charge in [-0.05, 0) is 35.6 Å². The number of benzene rings is 1. The van der Waals surface area contributed by atoms with Gasteiger partial charge in [-0.15, -0.1) is 0 Å². The molecule has 4 nitrogen and oxygen atoms in total. The van der Waals surface area contributed by atoms with Crippen molar-refractivity contribution >= 4 is 11.3 Å². The Bertz CT molecular complexity index is 646. The van der Waals surface area contributed by atoms with Gasteiger partial charge in [0.25, 0.3) is 5.69 Å². The fraction of sp³-hybridized carbons (Fsp3) is 0.500. The van der Waals surface area contributed by atoms with Gasteiger partial charge in [0.1, 0.15) is 0 Å². The summed E-state index contributed by atoms with van der Waals surface area (Å²) in [5.41, 5.74) is -0.658. The Labute approximate surface area is 132 Å². The quantitative estimate of drug-likeness (QED) is 0.646. The van der Waals surface area contributed by atoms with Crippen LogP contribution in [-0.2, 0) is 6.18 Å². The van der Waals surface area contributed by atoms with Gasteiger partial charge in [-0.2, -0.15) is 13.2 Å². The van der Waals surface area contributed by atoms with Crippen molar-refractivity contribution in [2.24, 2.45) is 5.41 Å². The van der Waals surface area contributed by atoms with Crippen molar-refractivity contribution in [1.29, 1.82) is 0 Å². The molecule has 1 aromatic carbocycles. The summed E-state index contributed by atoms with van der Waals surface area (Å²) < 4.78 is 39.0. The van der Waals surface area contributed by atoms with Crippen LogP contribution < -0.4 is 5.32 Å². The van der Waals surface area contributed by atoms with E-state index in [1.54, 1.807) is 0 Å². The Morgan fingerprint density at radius 1 is 1.22 bits per heavy atom. The van der Waals surface area contributed by atoms with Crippen LogP contribution in [0.5, 0.6) is 0 Å². The van der Waals surface area contributed by atoms with Crippen LogP contribution in [0.4, 0.5) is 18.9 Å². The van der Waals surface area contributed by atoms with Crippen molar-refractivity contribution in [3.05, 3.63) is 45.5 Å². The van der Waals surface area contributed by atoms with E-state index in [9.17, 15) is 23.3 Å². The third-order valence-corrected chi connectivity index (χ3v) is 3.89. The fourth-order valence-electron chi connectivity index (χ4n) is 2.57. The Balaban J connectivity index is 2.52. The lowest BCUT2D eigenvalue weighted by molar-refractivity contribution is -0.385. The molecule has 0 saturated heterocycles. The van der Waals surface area contributed by atoms with Crippen molar-refractivity contribution < 1.29 is 18.1 Å². The molecule has 1 unspecified atom stereocenters. The number of rotatable bonds is 2. The maximum absolute atomic E-state index is 13.0. The van der Waals surface area contributed by atoms with E-state index in [0.717, 1.165) is 6.07 Å². The van der Waals surface area contributed by atoms with Gasteiger partial charge in [0.05, 0.1) is 10.5 Å². The molecule has 0 radical (unpaired) electrons. The van der Waals surface area contributed by atoms with Crippen molar-refractivity contribution in [3.8, 4) is 0 Å². The molecule has 0 spiro atoms. The van der Waals surface area contributed by atoms with Gasteiger partial charge in [-0.3, -0.25) is 10.1 Å². The molecule has 126 valence electrons. The lowest BCUT2D eigenvalue weighted by Crippen LogP contribution is -2.41. The molecular weight excluding hydrogens is 309 g/mol. The molecule has 1 N–H and O–H groups in total. The van der Waals surface area contributed by atoms with E-state index in [0.29, 0.717) is 24.6 Å². The van der Waals surface area contributed by atoms with Crippen LogP contribution in [0.1, 0.15) is 38.3 Å². The third-order valence-electron chi connectivity index (χ3n) is 3.89. The fourth-order valence-corrected chi connectivity index (χ4v) is 2.57. The first-order valence-corrected chi connectivity index (χ1v) is 7.29. The molecule has 0 aliphatic carbocycles. The van der Waals surface area contributed by atoms with E-state index in [-0.39, 0.29) is 17.0 Å². The zero-order valence-corrected chi connectivity index (χ0v) is 13.2. The molecule has 0 amide bonds. The van der Waals surface area contributed by atoms with Crippen LogP contribution in [0.15, 0.2) is 24.3 Å². The molecule has 1 aliphatic heterocycles. The van der Waals surface area contributed by atoms with Crippen molar-refractivity contribution in [2.45, 2.75) is 39.4 Å². The Morgan fingerprint density at radius 3 is 2.39 bits per heavy atom. The smallest absolute Gasteiger partial charge is 0.310 e. The van der Waals surface area contributed by atoms with Gasteiger partial charge in [-0.1, -0.05) is 26.8 Å². The minimum Gasteiger partial charge on any atom is -0.310 e. The molecule has 2 rings (SSSR count). The van der Waals surface area contributed by atoms with Crippen LogP contribution in [0.2, 0.25) is 0 Å². The van der Waals surface area contributed by atoms with Crippen LogP contribution in [0, 0.1) is 15.5 Å². The molecular formula is C16H19F3N2O2. The molecule has 7 heteroatoms. The summed E-state index contributed by atoms with van der Waals surface area (Å²) in [6, 6.07) is 2.78. The average molecular weight is 328 g/mol. The Hall–Kier alpha value is -1.89. The predicted molar refractivity (Wildman–Crippen MR) is 81.9 cm³/mol. The van der Waals surface area contributed by atoms with Crippen LogP contribution >= 0.6 is 0 Å². The zero-order valence-electron chi connectivity index (χ0n) is 13.2. The summed E-state index contributed by atoms with van der Waals surface area (Å²) in [5.74, 6) is 0. The SMILES string of the molecule is CC(C)(C)C1C=C(c2cc([N+](=O)[O-])cc(C(F)(F)F)c2)CCN1. The third kappa shape index (κ3) is 4.10. The highest BCUT2D eigenvalue weighted by atomic mass is 19.4. The topological polar surface area (TPSA) is 55.2 Å². The van der Waals surface area contributed by atoms with Gasteiger partial charge < -0.3 is 5.32 Å². The molecule has 1 aromatic rings. The molecule has 0 saturated carbocycles. The number of nitro groups is 1. The lowest BCUT2D eigenvalue weighted by Gasteiger charge is -2.33. The second-order valence-corrected chi connectivity index (χ2v) is 6.76. The van der Waals surface area contributed by atoms with Crippen molar-refractivity contribution in [1.82, 2.24) is 5.32 Å². The molecule has 0 aromatic heterocycles. The van der Waals surface area contributed by atoms with Crippen molar-refractivity contribution in [3.63, 3.8) is 0 Å². The summed E-state index contributed by atoms with van der Waals surface area (Å²) in [5, 5.41) is 14.3. The van der Waals surface area contributed by atoms with Gasteiger partial charge in [0.15, 0.2) is 0 Å². The number of hydrogen-bond donors (Lipinski definition) is 1. The first-order chi connectivity index (χ1) is 10.5. The van der Waals surface area contributed by atoms with E-state index >= 15 is 0 Å². The molecule has 1 heterocycles. The minimum atomic E-state index is -4.61. The van der Waals surface area contributed by atoms with Gasteiger partial charge in [0.2, 0.25) is 0 Å². The largest absolute Gasteiger partial charge is 0.416 e. The van der Waals surface area contributed by atoms with Crippen LogP contribution in [0.3, 0.4) is 0 Å². The highest BCUT2D eigenvalue weighted by molar-refractivity contribution is 5.70. The second-order valence-electron chi connectivity index (χ2n) is 6.76. The van der Waals surface area contributed by atoms with E-state index < -0.39 is 22.4 Å². The Morgan fingerprint density at radius 2 is 1.87 bits per heavy atom. The monoisotopic (exact) mass is 328 g/mol. The number of halogens is 3. The second kappa shape index (κ2) is 5.96.